The molecule has 0 aliphatic carbocycles. The first-order valence-corrected chi connectivity index (χ1v) is 20.4. The number of Topliss-reactive ketones (excluding diaryl/α,β-unsaturated/α-hetero) is 1. The molecule has 64 heavy (non-hydrogen) atoms. The molecule has 0 aliphatic rings. The van der Waals surface area contributed by atoms with Gasteiger partial charge in [0.15, 0.2) is 11.2 Å². The lowest BCUT2D eigenvalue weighted by Crippen LogP contribution is -2.47. The third-order valence-electron chi connectivity index (χ3n) is 9.22. The van der Waals surface area contributed by atoms with Gasteiger partial charge < -0.3 is 33.5 Å². The summed E-state index contributed by atoms with van der Waals surface area (Å²) in [4.78, 5) is 75.0. The van der Waals surface area contributed by atoms with Crippen molar-refractivity contribution in [3.05, 3.63) is 192 Å². The molecule has 0 bridgehead atoms. The van der Waals surface area contributed by atoms with Crippen molar-refractivity contribution in [3.8, 4) is 0 Å². The van der Waals surface area contributed by atoms with E-state index in [0.29, 0.717) is 0 Å². The number of esters is 5. The lowest BCUT2D eigenvalue weighted by atomic mass is 9.93. The van der Waals surface area contributed by atoms with Gasteiger partial charge in [-0.1, -0.05) is 158 Å². The number of benzene rings is 5. The zero-order valence-electron chi connectivity index (χ0n) is 35.6. The van der Waals surface area contributed by atoms with Crippen molar-refractivity contribution in [2.45, 2.75) is 76.8 Å². The first-order valence-electron chi connectivity index (χ1n) is 20.4. The number of rotatable bonds is 23. The van der Waals surface area contributed by atoms with Crippen molar-refractivity contribution < 1.29 is 62.3 Å². The summed E-state index contributed by atoms with van der Waals surface area (Å²) >= 11 is 0. The summed E-state index contributed by atoms with van der Waals surface area (Å²) in [5.74, 6) is -4.57. The van der Waals surface area contributed by atoms with Gasteiger partial charge in [0.05, 0.1) is 25.9 Å². The van der Waals surface area contributed by atoms with E-state index >= 15 is 0 Å². The second-order valence-corrected chi connectivity index (χ2v) is 14.6. The van der Waals surface area contributed by atoms with Gasteiger partial charge >= 0.3 is 29.8 Å². The molecule has 0 aliphatic heterocycles. The molecule has 5 aromatic carbocycles. The van der Waals surface area contributed by atoms with E-state index in [1.165, 1.54) is 13.0 Å². The summed E-state index contributed by atoms with van der Waals surface area (Å²) in [6.07, 6.45) is -0.846. The van der Waals surface area contributed by atoms with E-state index in [1.54, 1.807) is 60.7 Å². The second kappa shape index (κ2) is 26.3. The van der Waals surface area contributed by atoms with Crippen LogP contribution in [0.1, 0.15) is 60.4 Å². The van der Waals surface area contributed by atoms with Crippen molar-refractivity contribution in [1.29, 1.82) is 0 Å². The van der Waals surface area contributed by atoms with Crippen molar-refractivity contribution >= 4 is 35.6 Å². The van der Waals surface area contributed by atoms with Gasteiger partial charge in [-0.25, -0.2) is 9.59 Å². The van der Waals surface area contributed by atoms with Crippen LogP contribution >= 0.6 is 0 Å². The van der Waals surface area contributed by atoms with Crippen molar-refractivity contribution in [1.82, 2.24) is 0 Å². The molecule has 0 spiro atoms. The van der Waals surface area contributed by atoms with Crippen molar-refractivity contribution in [2.24, 2.45) is 0 Å². The van der Waals surface area contributed by atoms with E-state index < -0.39 is 72.5 Å². The zero-order valence-corrected chi connectivity index (χ0v) is 35.6. The van der Waals surface area contributed by atoms with E-state index in [0.717, 1.165) is 27.8 Å². The zero-order chi connectivity index (χ0) is 46.0. The number of carbonyl (C=O) groups is 6. The Hall–Kier alpha value is -7.22. The lowest BCUT2D eigenvalue weighted by molar-refractivity contribution is -0.185. The van der Waals surface area contributed by atoms with Crippen molar-refractivity contribution in [2.75, 3.05) is 6.61 Å². The number of carbonyl (C=O) groups excluding carboxylic acids is 6. The lowest BCUT2D eigenvalue weighted by Gasteiger charge is -2.29. The molecule has 0 saturated carbocycles. The molecule has 0 saturated heterocycles. The van der Waals surface area contributed by atoms with Gasteiger partial charge in [0.1, 0.15) is 38.8 Å². The van der Waals surface area contributed by atoms with Gasteiger partial charge in [-0.3, -0.25) is 19.2 Å². The molecule has 0 fully saturated rings. The standard InChI is InChI=1S/C30H30O7.C21H22O6/c1-2-18-37-30(29(33)36-23-26-16-10-5-11-17-26,19-27(31)34-21-24-12-6-3-7-13-24)20-28(32)35-22-25-14-8-4-9-15-25;1-16(22)12-21(25,20(24)27-15-18-10-6-3-7-11-18)13-19(23)26-14-17-8-4-2-5-9-17/h2-17H,1,18-23H2;2-11,25H,12-15H2,1H3. The first kappa shape index (κ1) is 49.4. The number of aliphatic hydroxyl groups is 1. The van der Waals surface area contributed by atoms with Gasteiger partial charge in [-0.15, -0.1) is 6.58 Å². The SMILES string of the molecule is C=CCOC(CC(=O)OCc1ccccc1)(CC(=O)OCc1ccccc1)C(=O)OCc1ccccc1.CC(=O)CC(O)(CC(=O)OCc1ccccc1)C(=O)OCc1ccccc1. The van der Waals surface area contributed by atoms with Crippen LogP contribution in [0, 0.1) is 0 Å². The van der Waals surface area contributed by atoms with Crippen LogP contribution in [0.3, 0.4) is 0 Å². The summed E-state index contributed by atoms with van der Waals surface area (Å²) < 4.78 is 32.3. The quantitative estimate of drug-likeness (QED) is 0.0388. The summed E-state index contributed by atoms with van der Waals surface area (Å²) in [5.41, 5.74) is -0.411. The Kier molecular flexibility index (Phi) is 20.3. The predicted octanol–water partition coefficient (Wildman–Crippen LogP) is 7.51. The molecule has 1 atom stereocenters. The molecule has 334 valence electrons. The number of ketones is 1. The van der Waals surface area contributed by atoms with Crippen LogP contribution in [0.5, 0.6) is 0 Å². The largest absolute Gasteiger partial charge is 0.461 e. The van der Waals surface area contributed by atoms with Crippen molar-refractivity contribution in [3.63, 3.8) is 0 Å². The van der Waals surface area contributed by atoms with Gasteiger partial charge in [-0.2, -0.15) is 0 Å². The maximum Gasteiger partial charge on any atom is 0.339 e. The van der Waals surface area contributed by atoms with Crippen LogP contribution in [0.25, 0.3) is 0 Å². The molecule has 5 aromatic rings. The smallest absolute Gasteiger partial charge is 0.339 e. The average molecular weight is 873 g/mol. The number of hydrogen-bond acceptors (Lipinski definition) is 13. The Bertz CT molecular complexity index is 2170. The molecular weight excluding hydrogens is 821 g/mol. The molecular formula is C51H52O13. The molecule has 1 N–H and O–H groups in total. The van der Waals surface area contributed by atoms with Crippen LogP contribution in [0.4, 0.5) is 0 Å². The molecule has 0 heterocycles. The maximum absolute atomic E-state index is 13.4. The summed E-state index contributed by atoms with van der Waals surface area (Å²) in [5, 5.41) is 10.6. The van der Waals surface area contributed by atoms with Gasteiger partial charge in [0.2, 0.25) is 0 Å². The average Bonchev–Trinajstić information content (AvgIpc) is 3.31. The highest BCUT2D eigenvalue weighted by molar-refractivity contribution is 5.92. The van der Waals surface area contributed by atoms with Gasteiger partial charge in [0, 0.05) is 6.42 Å². The van der Waals surface area contributed by atoms with E-state index in [4.69, 9.17) is 28.4 Å². The molecule has 13 heteroatoms. The maximum atomic E-state index is 13.4. The van der Waals surface area contributed by atoms with Crippen LogP contribution < -0.4 is 0 Å². The fraction of sp³-hybridized carbons (Fsp3) is 0.255. The summed E-state index contributed by atoms with van der Waals surface area (Å²) in [7, 11) is 0. The van der Waals surface area contributed by atoms with Crippen LogP contribution in [0.15, 0.2) is 164 Å². The minimum Gasteiger partial charge on any atom is -0.461 e. The fourth-order valence-electron chi connectivity index (χ4n) is 5.99. The number of hydrogen-bond donors (Lipinski definition) is 1. The number of ether oxygens (including phenoxy) is 6. The Morgan fingerprint density at radius 2 is 0.750 bits per heavy atom. The highest BCUT2D eigenvalue weighted by atomic mass is 16.6. The van der Waals surface area contributed by atoms with Crippen LogP contribution in [-0.4, -0.2) is 58.5 Å². The molecule has 0 aromatic heterocycles. The fourth-order valence-corrected chi connectivity index (χ4v) is 5.99. The minimum absolute atomic E-state index is 0.00866. The minimum atomic E-state index is -2.26. The molecule has 13 nitrogen and oxygen atoms in total. The third kappa shape index (κ3) is 17.6. The Labute approximate surface area is 372 Å². The predicted molar refractivity (Wildman–Crippen MR) is 234 cm³/mol. The highest BCUT2D eigenvalue weighted by Crippen LogP contribution is 2.27. The molecule has 1 unspecified atom stereocenters. The van der Waals surface area contributed by atoms with E-state index in [2.05, 4.69) is 6.58 Å². The van der Waals surface area contributed by atoms with E-state index in [9.17, 15) is 33.9 Å². The van der Waals surface area contributed by atoms with Gasteiger partial charge in [-0.05, 0) is 34.7 Å². The Morgan fingerprint density at radius 1 is 0.453 bits per heavy atom. The third-order valence-corrected chi connectivity index (χ3v) is 9.22. The van der Waals surface area contributed by atoms with Crippen LogP contribution in [0.2, 0.25) is 0 Å². The van der Waals surface area contributed by atoms with Gasteiger partial charge in [0.25, 0.3) is 0 Å². The molecule has 0 amide bonds. The highest BCUT2D eigenvalue weighted by Gasteiger charge is 2.47. The van der Waals surface area contributed by atoms with E-state index in [-0.39, 0.29) is 39.6 Å². The van der Waals surface area contributed by atoms with E-state index in [1.807, 2.05) is 91.0 Å². The summed E-state index contributed by atoms with van der Waals surface area (Å²) in [6, 6.07) is 45.2. The monoisotopic (exact) mass is 872 g/mol. The Balaban J connectivity index is 0.000000295. The topological polar surface area (TPSA) is 178 Å². The second-order valence-electron chi connectivity index (χ2n) is 14.6. The first-order chi connectivity index (χ1) is 30.9. The normalized spacial score (nSPS) is 11.6. The summed E-state index contributed by atoms with van der Waals surface area (Å²) in [6.45, 7) is 4.64. The Morgan fingerprint density at radius 3 is 1.06 bits per heavy atom. The molecule has 5 rings (SSSR count). The molecule has 0 radical (unpaired) electrons. The van der Waals surface area contributed by atoms with Crippen LogP contribution in [-0.2, 0) is 90.2 Å².